The molecule has 2 aliphatic heterocycles. The first-order valence-electron chi connectivity index (χ1n) is 11.1. The molecule has 1 N–H and O–H groups in total. The molecule has 0 aromatic carbocycles. The van der Waals surface area contributed by atoms with Crippen LogP contribution in [0, 0.1) is 0 Å². The van der Waals surface area contributed by atoms with Crippen molar-refractivity contribution in [3.63, 3.8) is 0 Å². The van der Waals surface area contributed by atoms with Gasteiger partial charge in [-0.15, -0.1) is 0 Å². The Bertz CT molecular complexity index is 594. The van der Waals surface area contributed by atoms with Gasteiger partial charge in [0, 0.05) is 19.2 Å². The first kappa shape index (κ1) is 25.1. The van der Waals surface area contributed by atoms with Crippen molar-refractivity contribution in [2.45, 2.75) is 110 Å². The summed E-state index contributed by atoms with van der Waals surface area (Å²) in [6.45, 7) is 27.6. The molecule has 0 aliphatic carbocycles. The fourth-order valence-electron chi connectivity index (χ4n) is 3.18. The lowest BCUT2D eigenvalue weighted by molar-refractivity contribution is -0.0636. The zero-order valence-electron chi connectivity index (χ0n) is 20.8. The highest BCUT2D eigenvalue weighted by atomic mass is 28.4. The van der Waals surface area contributed by atoms with E-state index in [1.807, 2.05) is 0 Å². The van der Waals surface area contributed by atoms with Crippen molar-refractivity contribution >= 4 is 16.6 Å². The molecule has 0 aromatic rings. The molecule has 2 aliphatic rings. The van der Waals surface area contributed by atoms with Gasteiger partial charge in [-0.2, -0.15) is 0 Å². The van der Waals surface area contributed by atoms with Crippen molar-refractivity contribution in [3.8, 4) is 0 Å². The van der Waals surface area contributed by atoms with Crippen molar-refractivity contribution in [1.29, 1.82) is 0 Å². The topological polar surface area (TPSA) is 43.0 Å². The fraction of sp³-hybridized carbons (Fsp3) is 0.909. The summed E-state index contributed by atoms with van der Waals surface area (Å²) in [4.78, 5) is 2.28. The van der Waals surface area contributed by atoms with Crippen LogP contribution >= 0.6 is 0 Å². The van der Waals surface area contributed by atoms with Crippen LogP contribution in [0.4, 0.5) is 0 Å². The second kappa shape index (κ2) is 8.75. The van der Waals surface area contributed by atoms with Crippen LogP contribution in [0.15, 0.2) is 11.8 Å². The molecular weight excluding hydrogens is 396 g/mol. The van der Waals surface area contributed by atoms with E-state index < -0.39 is 16.6 Å². The highest BCUT2D eigenvalue weighted by Gasteiger charge is 2.47. The van der Waals surface area contributed by atoms with Gasteiger partial charge < -0.3 is 18.5 Å². The van der Waals surface area contributed by atoms with Crippen LogP contribution < -0.4 is 5.32 Å². The van der Waals surface area contributed by atoms with Crippen LogP contribution in [0.25, 0.3) is 0 Å². The number of hydrogen-bond acceptors (Lipinski definition) is 5. The van der Waals surface area contributed by atoms with Gasteiger partial charge in [0.15, 0.2) is 16.6 Å². The number of rotatable bonds is 6. The van der Waals surface area contributed by atoms with Gasteiger partial charge in [-0.25, -0.2) is 0 Å². The maximum absolute atomic E-state index is 6.86. The zero-order chi connectivity index (χ0) is 22.3. The van der Waals surface area contributed by atoms with Crippen molar-refractivity contribution in [2.75, 3.05) is 19.8 Å². The van der Waals surface area contributed by atoms with Gasteiger partial charge in [-0.3, -0.25) is 5.32 Å². The summed E-state index contributed by atoms with van der Waals surface area (Å²) in [5.41, 5.74) is 1.34. The first-order valence-corrected chi connectivity index (χ1v) is 17.0. The molecule has 0 saturated carbocycles. The summed E-state index contributed by atoms with van der Waals surface area (Å²) in [5, 5.41) is 3.83. The molecule has 1 saturated heterocycles. The van der Waals surface area contributed by atoms with Crippen LogP contribution in [0.2, 0.25) is 36.3 Å². The summed E-state index contributed by atoms with van der Waals surface area (Å²) >= 11 is 0. The lowest BCUT2D eigenvalue weighted by Crippen LogP contribution is -2.48. The molecule has 0 unspecified atom stereocenters. The molecule has 5 nitrogen and oxygen atoms in total. The Morgan fingerprint density at radius 1 is 1.07 bits per heavy atom. The molecule has 0 bridgehead atoms. The molecule has 0 spiro atoms. The van der Waals surface area contributed by atoms with Gasteiger partial charge >= 0.3 is 0 Å². The molecule has 170 valence electrons. The highest BCUT2D eigenvalue weighted by molar-refractivity contribution is 6.74. The van der Waals surface area contributed by atoms with E-state index in [-0.39, 0.29) is 28.5 Å². The predicted molar refractivity (Wildman–Crippen MR) is 127 cm³/mol. The molecule has 0 aromatic heterocycles. The van der Waals surface area contributed by atoms with Gasteiger partial charge in [0.05, 0.1) is 19.4 Å². The quantitative estimate of drug-likeness (QED) is 0.567. The molecule has 0 radical (unpaired) electrons. The largest absolute Gasteiger partial charge is 0.414 e. The van der Waals surface area contributed by atoms with E-state index in [2.05, 4.69) is 91.1 Å². The number of hydrogen-bond donors (Lipinski definition) is 1. The fourth-order valence-corrected chi connectivity index (χ4v) is 5.56. The monoisotopic (exact) mass is 442 g/mol. The summed E-state index contributed by atoms with van der Waals surface area (Å²) in [6.07, 6.45) is 3.24. The highest BCUT2D eigenvalue weighted by Crippen LogP contribution is 2.41. The molecule has 29 heavy (non-hydrogen) atoms. The summed E-state index contributed by atoms with van der Waals surface area (Å²) in [5.74, 6) is 0. The van der Waals surface area contributed by atoms with E-state index in [1.165, 1.54) is 5.57 Å². The second-order valence-electron chi connectivity index (χ2n) is 11.9. The van der Waals surface area contributed by atoms with E-state index in [9.17, 15) is 0 Å². The van der Waals surface area contributed by atoms with Crippen LogP contribution in [0.5, 0.6) is 0 Å². The normalized spacial score (nSPS) is 27.3. The van der Waals surface area contributed by atoms with Gasteiger partial charge in [0.25, 0.3) is 0 Å². The SMILES string of the molecule is CC1=CN([C@H]2C[C@H](O[Si](C)(C)C(C)(C)C)[C@@H](CO[Si](C)(C)C(C)(C)C)O2)CNC1. The van der Waals surface area contributed by atoms with Crippen LogP contribution in [0.1, 0.15) is 54.9 Å². The average Bonchev–Trinajstić information content (AvgIpc) is 2.93. The molecule has 7 heteroatoms. The molecule has 2 heterocycles. The zero-order valence-corrected chi connectivity index (χ0v) is 22.8. The van der Waals surface area contributed by atoms with E-state index in [0.29, 0.717) is 6.61 Å². The Kier molecular flexibility index (Phi) is 7.56. The Morgan fingerprint density at radius 3 is 2.17 bits per heavy atom. The van der Waals surface area contributed by atoms with E-state index in [0.717, 1.165) is 19.6 Å². The third kappa shape index (κ3) is 6.17. The standard InChI is InChI=1S/C22H46N2O3Si2/c1-17-13-23-16-24(14-17)20-12-18(27-29(10,11)22(5,6)7)19(26-20)15-25-28(8,9)21(2,3)4/h14,18-20,23H,12-13,15-16H2,1-11H3/t18-,19+,20+/m0/s1. The van der Waals surface area contributed by atoms with Crippen molar-refractivity contribution in [1.82, 2.24) is 10.2 Å². The smallest absolute Gasteiger partial charge is 0.192 e. The average molecular weight is 443 g/mol. The number of nitrogens with one attached hydrogen (secondary N) is 1. The molecule has 1 fully saturated rings. The maximum Gasteiger partial charge on any atom is 0.192 e. The van der Waals surface area contributed by atoms with E-state index in [4.69, 9.17) is 13.6 Å². The summed E-state index contributed by atoms with van der Waals surface area (Å²) < 4.78 is 20.0. The first-order chi connectivity index (χ1) is 13.0. The van der Waals surface area contributed by atoms with Crippen molar-refractivity contribution in [2.24, 2.45) is 0 Å². The molecule has 3 atom stereocenters. The van der Waals surface area contributed by atoms with Crippen LogP contribution in [0.3, 0.4) is 0 Å². The van der Waals surface area contributed by atoms with E-state index in [1.54, 1.807) is 0 Å². The van der Waals surface area contributed by atoms with Gasteiger partial charge in [-0.05, 0) is 48.8 Å². The minimum absolute atomic E-state index is 0.0149. The predicted octanol–water partition coefficient (Wildman–Crippen LogP) is 5.28. The third-order valence-electron chi connectivity index (χ3n) is 7.30. The van der Waals surface area contributed by atoms with Crippen LogP contribution in [-0.4, -0.2) is 59.8 Å². The Hall–Kier alpha value is -0.186. The molecular formula is C22H46N2O3Si2. The lowest BCUT2D eigenvalue weighted by atomic mass is 10.2. The summed E-state index contributed by atoms with van der Waals surface area (Å²) in [6, 6.07) is 0. The van der Waals surface area contributed by atoms with Crippen molar-refractivity contribution in [3.05, 3.63) is 11.8 Å². The second-order valence-corrected chi connectivity index (χ2v) is 21.5. The van der Waals surface area contributed by atoms with Gasteiger partial charge in [-0.1, -0.05) is 41.5 Å². The lowest BCUT2D eigenvalue weighted by Gasteiger charge is -2.40. The maximum atomic E-state index is 6.86. The van der Waals surface area contributed by atoms with Crippen LogP contribution in [-0.2, 0) is 13.6 Å². The van der Waals surface area contributed by atoms with Crippen molar-refractivity contribution < 1.29 is 13.6 Å². The Morgan fingerprint density at radius 2 is 1.66 bits per heavy atom. The minimum Gasteiger partial charge on any atom is -0.414 e. The molecule has 2 rings (SSSR count). The Labute approximate surface area is 181 Å². The van der Waals surface area contributed by atoms with Gasteiger partial charge in [0.1, 0.15) is 12.3 Å². The number of nitrogens with zero attached hydrogens (tertiary/aromatic N) is 1. The van der Waals surface area contributed by atoms with E-state index >= 15 is 0 Å². The third-order valence-corrected chi connectivity index (χ3v) is 16.3. The van der Waals surface area contributed by atoms with Gasteiger partial charge in [0.2, 0.25) is 0 Å². The minimum atomic E-state index is -1.89. The molecule has 0 amide bonds. The Balaban J connectivity index is 2.16. The summed E-state index contributed by atoms with van der Waals surface area (Å²) in [7, 11) is -3.72. The number of ether oxygens (including phenoxy) is 1.